The molecular formula is C17H16N2O2S. The van der Waals surface area contributed by atoms with E-state index >= 15 is 0 Å². The Kier molecular flexibility index (Phi) is 3.60. The first-order valence-electron chi connectivity index (χ1n) is 6.83. The number of hydrogen-bond donors (Lipinski definition) is 1. The number of rotatable bonds is 3. The van der Waals surface area contributed by atoms with E-state index < -0.39 is 10.0 Å². The van der Waals surface area contributed by atoms with Gasteiger partial charge in [0.1, 0.15) is 0 Å². The molecule has 4 nitrogen and oxygen atoms in total. The van der Waals surface area contributed by atoms with Crippen molar-refractivity contribution in [1.29, 1.82) is 0 Å². The molecule has 0 amide bonds. The summed E-state index contributed by atoms with van der Waals surface area (Å²) in [7, 11) is -3.67. The lowest BCUT2D eigenvalue weighted by atomic mass is 10.1. The summed E-state index contributed by atoms with van der Waals surface area (Å²) in [6.45, 7) is 2.03. The van der Waals surface area contributed by atoms with Crippen LogP contribution in [0.4, 0.5) is 0 Å². The second-order valence-electron chi connectivity index (χ2n) is 5.18. The Labute approximate surface area is 129 Å². The number of nitrogens with two attached hydrogens (primary N) is 1. The van der Waals surface area contributed by atoms with Crippen LogP contribution < -0.4 is 5.14 Å². The summed E-state index contributed by atoms with van der Waals surface area (Å²) in [6.07, 6.45) is 2.02. The van der Waals surface area contributed by atoms with Gasteiger partial charge in [-0.15, -0.1) is 0 Å². The highest BCUT2D eigenvalue weighted by Crippen LogP contribution is 2.26. The maximum atomic E-state index is 11.3. The van der Waals surface area contributed by atoms with E-state index in [9.17, 15) is 8.42 Å². The molecule has 3 rings (SSSR count). The van der Waals surface area contributed by atoms with Crippen molar-refractivity contribution in [2.75, 3.05) is 0 Å². The second kappa shape index (κ2) is 5.44. The van der Waals surface area contributed by atoms with Crippen molar-refractivity contribution < 1.29 is 8.42 Å². The van der Waals surface area contributed by atoms with Gasteiger partial charge in [-0.25, -0.2) is 13.6 Å². The summed E-state index contributed by atoms with van der Waals surface area (Å²) >= 11 is 0. The third-order valence-electron chi connectivity index (χ3n) is 3.47. The van der Waals surface area contributed by atoms with Crippen LogP contribution in [0, 0.1) is 6.92 Å². The Balaban J connectivity index is 2.10. The van der Waals surface area contributed by atoms with Gasteiger partial charge in [-0.3, -0.25) is 0 Å². The van der Waals surface area contributed by atoms with Gasteiger partial charge in [0.15, 0.2) is 0 Å². The third-order valence-corrected chi connectivity index (χ3v) is 4.40. The minimum atomic E-state index is -3.67. The van der Waals surface area contributed by atoms with E-state index in [4.69, 9.17) is 5.14 Å². The molecule has 2 aromatic carbocycles. The van der Waals surface area contributed by atoms with E-state index in [1.807, 2.05) is 48.0 Å². The maximum Gasteiger partial charge on any atom is 0.238 e. The molecule has 22 heavy (non-hydrogen) atoms. The van der Waals surface area contributed by atoms with Gasteiger partial charge in [0, 0.05) is 11.9 Å². The number of benzene rings is 2. The number of aryl methyl sites for hydroxylation is 1. The third kappa shape index (κ3) is 2.81. The summed E-state index contributed by atoms with van der Waals surface area (Å²) < 4.78 is 24.7. The van der Waals surface area contributed by atoms with Crippen molar-refractivity contribution in [3.8, 4) is 16.9 Å². The molecule has 2 N–H and O–H groups in total. The first-order chi connectivity index (χ1) is 10.4. The fourth-order valence-corrected chi connectivity index (χ4v) is 2.95. The number of aromatic nitrogens is 1. The van der Waals surface area contributed by atoms with Crippen molar-refractivity contribution in [3.05, 3.63) is 72.4 Å². The van der Waals surface area contributed by atoms with Gasteiger partial charge in [-0.2, -0.15) is 0 Å². The lowest BCUT2D eigenvalue weighted by Crippen LogP contribution is -2.12. The average molecular weight is 312 g/mol. The number of sulfonamides is 1. The molecule has 112 valence electrons. The molecule has 0 aliphatic carbocycles. The molecular weight excluding hydrogens is 296 g/mol. The fraction of sp³-hybridized carbons (Fsp3) is 0.0588. The number of hydrogen-bond acceptors (Lipinski definition) is 2. The molecule has 0 unspecified atom stereocenters. The molecule has 0 aliphatic heterocycles. The Hall–Kier alpha value is -2.37. The fourth-order valence-electron chi connectivity index (χ4n) is 2.44. The Morgan fingerprint density at radius 1 is 0.955 bits per heavy atom. The van der Waals surface area contributed by atoms with Crippen LogP contribution in [0.1, 0.15) is 5.56 Å². The molecule has 0 spiro atoms. The smallest absolute Gasteiger partial charge is 0.238 e. The van der Waals surface area contributed by atoms with E-state index in [1.165, 1.54) is 12.1 Å². The van der Waals surface area contributed by atoms with Crippen LogP contribution in [0.5, 0.6) is 0 Å². The molecule has 0 fully saturated rings. The predicted molar refractivity (Wildman–Crippen MR) is 87.3 cm³/mol. The van der Waals surface area contributed by atoms with Gasteiger partial charge >= 0.3 is 0 Å². The molecule has 0 aliphatic rings. The molecule has 0 bridgehead atoms. The molecule has 1 heterocycles. The highest BCUT2D eigenvalue weighted by Gasteiger charge is 2.10. The summed E-state index contributed by atoms with van der Waals surface area (Å²) in [5, 5.41) is 5.14. The summed E-state index contributed by atoms with van der Waals surface area (Å²) in [4.78, 5) is 0.112. The normalized spacial score (nSPS) is 11.5. The van der Waals surface area contributed by atoms with Crippen molar-refractivity contribution in [3.63, 3.8) is 0 Å². The van der Waals surface area contributed by atoms with Gasteiger partial charge in [0.2, 0.25) is 10.0 Å². The topological polar surface area (TPSA) is 65.1 Å². The molecule has 5 heteroatoms. The summed E-state index contributed by atoms with van der Waals surface area (Å²) in [5.74, 6) is 0. The van der Waals surface area contributed by atoms with E-state index in [1.54, 1.807) is 12.1 Å². The van der Waals surface area contributed by atoms with E-state index in [0.717, 1.165) is 22.5 Å². The molecule has 1 aromatic heterocycles. The molecule has 3 aromatic rings. The quantitative estimate of drug-likeness (QED) is 0.807. The zero-order valence-electron chi connectivity index (χ0n) is 12.1. The zero-order chi connectivity index (χ0) is 15.7. The van der Waals surface area contributed by atoms with Crippen molar-refractivity contribution in [2.24, 2.45) is 5.14 Å². The van der Waals surface area contributed by atoms with E-state index in [0.29, 0.717) is 0 Å². The molecule has 0 saturated heterocycles. The van der Waals surface area contributed by atoms with Gasteiger partial charge < -0.3 is 4.57 Å². The lowest BCUT2D eigenvalue weighted by Gasteiger charge is -2.10. The number of nitrogens with zero attached hydrogens (tertiary/aromatic N) is 1. The van der Waals surface area contributed by atoms with E-state index in [-0.39, 0.29) is 4.90 Å². The van der Waals surface area contributed by atoms with Crippen LogP contribution in [0.2, 0.25) is 0 Å². The lowest BCUT2D eigenvalue weighted by molar-refractivity contribution is 0.598. The van der Waals surface area contributed by atoms with Crippen LogP contribution >= 0.6 is 0 Å². The van der Waals surface area contributed by atoms with Crippen LogP contribution in [0.3, 0.4) is 0 Å². The zero-order valence-corrected chi connectivity index (χ0v) is 12.9. The van der Waals surface area contributed by atoms with Crippen LogP contribution in [0.15, 0.2) is 71.8 Å². The van der Waals surface area contributed by atoms with Crippen molar-refractivity contribution in [2.45, 2.75) is 11.8 Å². The minimum absolute atomic E-state index is 0.112. The summed E-state index contributed by atoms with van der Waals surface area (Å²) in [6, 6.07) is 18.7. The van der Waals surface area contributed by atoms with Crippen LogP contribution in [-0.4, -0.2) is 13.0 Å². The van der Waals surface area contributed by atoms with E-state index in [2.05, 4.69) is 6.07 Å². The molecule has 0 radical (unpaired) electrons. The average Bonchev–Trinajstić information content (AvgIpc) is 2.89. The maximum absolute atomic E-state index is 11.3. The first kappa shape index (κ1) is 14.6. The Morgan fingerprint density at radius 3 is 2.18 bits per heavy atom. The summed E-state index contributed by atoms with van der Waals surface area (Å²) in [5.41, 5.74) is 4.18. The Morgan fingerprint density at radius 2 is 1.59 bits per heavy atom. The molecule has 0 atom stereocenters. The number of primary sulfonamides is 1. The SMILES string of the molecule is Cc1cc(-c2ccccc2)n(-c2ccc(S(N)(=O)=O)cc2)c1. The first-order valence-corrected chi connectivity index (χ1v) is 8.37. The van der Waals surface area contributed by atoms with Gasteiger partial charge in [-0.1, -0.05) is 30.3 Å². The highest BCUT2D eigenvalue weighted by molar-refractivity contribution is 7.89. The second-order valence-corrected chi connectivity index (χ2v) is 6.74. The van der Waals surface area contributed by atoms with Gasteiger partial charge in [0.05, 0.1) is 10.6 Å². The molecule has 0 saturated carbocycles. The van der Waals surface area contributed by atoms with Gasteiger partial charge in [-0.05, 0) is 48.4 Å². The largest absolute Gasteiger partial charge is 0.316 e. The van der Waals surface area contributed by atoms with Crippen LogP contribution in [-0.2, 0) is 10.0 Å². The monoisotopic (exact) mass is 312 g/mol. The Bertz CT molecular complexity index is 896. The predicted octanol–water partition coefficient (Wildman–Crippen LogP) is 3.10. The standard InChI is InChI=1S/C17H16N2O2S/c1-13-11-17(14-5-3-2-4-6-14)19(12-13)15-7-9-16(10-8-15)22(18,20)21/h2-12H,1H3,(H2,18,20,21). The highest BCUT2D eigenvalue weighted by atomic mass is 32.2. The minimum Gasteiger partial charge on any atom is -0.316 e. The van der Waals surface area contributed by atoms with Crippen molar-refractivity contribution in [1.82, 2.24) is 4.57 Å². The van der Waals surface area contributed by atoms with Crippen LogP contribution in [0.25, 0.3) is 16.9 Å². The van der Waals surface area contributed by atoms with Crippen molar-refractivity contribution >= 4 is 10.0 Å². The van der Waals surface area contributed by atoms with Gasteiger partial charge in [0.25, 0.3) is 0 Å².